The Morgan fingerprint density at radius 3 is 2.50 bits per heavy atom. The zero-order valence-electron chi connectivity index (χ0n) is 19.6. The largest absolute Gasteiger partial charge is 0.493 e. The number of hydrogen-bond acceptors (Lipinski definition) is 6. The summed E-state index contributed by atoms with van der Waals surface area (Å²) >= 11 is 5.85. The first kappa shape index (κ1) is 25.8. The van der Waals surface area contributed by atoms with Crippen molar-refractivity contribution in [3.8, 4) is 11.5 Å². The first-order valence-electron chi connectivity index (χ1n) is 11.4. The highest BCUT2D eigenvalue weighted by atomic mass is 35.5. The molecule has 34 heavy (non-hydrogen) atoms. The van der Waals surface area contributed by atoms with Gasteiger partial charge in [0.2, 0.25) is 5.91 Å². The van der Waals surface area contributed by atoms with Crippen LogP contribution >= 0.6 is 11.6 Å². The topological polar surface area (TPSA) is 89.1 Å². The molecule has 0 aliphatic carbocycles. The molecule has 1 heterocycles. The molecule has 1 fully saturated rings. The number of morpholine rings is 1. The molecular weight excluding hydrogens is 458 g/mol. The standard InChI is InChI=1S/C25H32ClN3O5/c1-3-34-22-9-6-19(16-23(22)32-2)21(29-12-14-33-15-13-29)17-28-24(30)10-11-27-25(31)18-4-7-20(26)8-5-18/h4-9,16,21H,3,10-15,17H2,1-2H3,(H,27,31)(H,28,30). The Morgan fingerprint density at radius 2 is 1.82 bits per heavy atom. The summed E-state index contributed by atoms with van der Waals surface area (Å²) in [5, 5.41) is 6.35. The normalized spacial score (nSPS) is 14.8. The smallest absolute Gasteiger partial charge is 0.251 e. The summed E-state index contributed by atoms with van der Waals surface area (Å²) < 4.78 is 16.7. The zero-order valence-corrected chi connectivity index (χ0v) is 20.4. The number of amides is 2. The van der Waals surface area contributed by atoms with E-state index in [-0.39, 0.29) is 30.8 Å². The molecule has 0 aromatic heterocycles. The van der Waals surface area contributed by atoms with Crippen molar-refractivity contribution in [2.24, 2.45) is 0 Å². The summed E-state index contributed by atoms with van der Waals surface area (Å²) in [7, 11) is 1.62. The number of ether oxygens (including phenoxy) is 3. The summed E-state index contributed by atoms with van der Waals surface area (Å²) in [6.07, 6.45) is 0.182. The van der Waals surface area contributed by atoms with E-state index in [1.165, 1.54) is 0 Å². The molecule has 0 saturated carbocycles. The third-order valence-electron chi connectivity index (χ3n) is 5.60. The van der Waals surface area contributed by atoms with E-state index in [1.54, 1.807) is 31.4 Å². The van der Waals surface area contributed by atoms with Gasteiger partial charge in [-0.1, -0.05) is 17.7 Å². The average Bonchev–Trinajstić information content (AvgIpc) is 2.86. The predicted octanol–water partition coefficient (Wildman–Crippen LogP) is 3.06. The molecule has 3 rings (SSSR count). The minimum atomic E-state index is -0.239. The van der Waals surface area contributed by atoms with Crippen molar-refractivity contribution in [2.75, 3.05) is 53.1 Å². The van der Waals surface area contributed by atoms with Crippen LogP contribution in [-0.2, 0) is 9.53 Å². The minimum absolute atomic E-state index is 0.0407. The third kappa shape index (κ3) is 7.35. The highest BCUT2D eigenvalue weighted by Gasteiger charge is 2.24. The monoisotopic (exact) mass is 489 g/mol. The Labute approximate surface area is 205 Å². The quantitative estimate of drug-likeness (QED) is 0.504. The molecule has 0 bridgehead atoms. The molecule has 0 radical (unpaired) electrons. The molecule has 2 N–H and O–H groups in total. The van der Waals surface area contributed by atoms with Gasteiger partial charge in [-0.25, -0.2) is 0 Å². The Balaban J connectivity index is 1.58. The molecule has 1 aliphatic rings. The number of benzene rings is 2. The number of nitrogens with one attached hydrogen (secondary N) is 2. The second-order valence-corrected chi connectivity index (χ2v) is 8.26. The van der Waals surface area contributed by atoms with Crippen molar-refractivity contribution in [3.05, 3.63) is 58.6 Å². The molecule has 9 heteroatoms. The van der Waals surface area contributed by atoms with Crippen LogP contribution < -0.4 is 20.1 Å². The lowest BCUT2D eigenvalue weighted by atomic mass is 10.0. The SMILES string of the molecule is CCOc1ccc(C(CNC(=O)CCNC(=O)c2ccc(Cl)cc2)N2CCOCC2)cc1OC. The Bertz CT molecular complexity index is 948. The van der Waals surface area contributed by atoms with Crippen molar-refractivity contribution >= 4 is 23.4 Å². The van der Waals surface area contributed by atoms with Gasteiger partial charge in [0.05, 0.1) is 33.0 Å². The number of methoxy groups -OCH3 is 1. The number of halogens is 1. The van der Waals surface area contributed by atoms with Crippen LogP contribution in [0.2, 0.25) is 5.02 Å². The first-order valence-corrected chi connectivity index (χ1v) is 11.8. The van der Waals surface area contributed by atoms with Gasteiger partial charge in [0.15, 0.2) is 11.5 Å². The molecule has 184 valence electrons. The highest BCUT2D eigenvalue weighted by Crippen LogP contribution is 2.32. The first-order chi connectivity index (χ1) is 16.5. The molecule has 1 aliphatic heterocycles. The minimum Gasteiger partial charge on any atom is -0.493 e. The maximum atomic E-state index is 12.5. The zero-order chi connectivity index (χ0) is 24.3. The van der Waals surface area contributed by atoms with Gasteiger partial charge in [0.25, 0.3) is 5.91 Å². The molecule has 1 unspecified atom stereocenters. The molecule has 2 aromatic carbocycles. The van der Waals surface area contributed by atoms with Crippen LogP contribution in [0, 0.1) is 0 Å². The van der Waals surface area contributed by atoms with Crippen molar-refractivity contribution in [2.45, 2.75) is 19.4 Å². The fourth-order valence-electron chi connectivity index (χ4n) is 3.80. The van der Waals surface area contributed by atoms with Gasteiger partial charge in [-0.05, 0) is 48.9 Å². The molecule has 2 aromatic rings. The summed E-state index contributed by atoms with van der Waals surface area (Å²) in [6, 6.07) is 12.4. The van der Waals surface area contributed by atoms with E-state index < -0.39 is 0 Å². The van der Waals surface area contributed by atoms with E-state index in [0.29, 0.717) is 48.5 Å². The molecule has 0 spiro atoms. The molecular formula is C25H32ClN3O5. The Morgan fingerprint density at radius 1 is 1.09 bits per heavy atom. The van der Waals surface area contributed by atoms with Gasteiger partial charge in [-0.2, -0.15) is 0 Å². The third-order valence-corrected chi connectivity index (χ3v) is 5.85. The van der Waals surface area contributed by atoms with Gasteiger partial charge >= 0.3 is 0 Å². The van der Waals surface area contributed by atoms with Gasteiger partial charge in [-0.15, -0.1) is 0 Å². The fourth-order valence-corrected chi connectivity index (χ4v) is 3.93. The second-order valence-electron chi connectivity index (χ2n) is 7.82. The van der Waals surface area contributed by atoms with E-state index in [0.717, 1.165) is 18.7 Å². The van der Waals surface area contributed by atoms with Crippen molar-refractivity contribution < 1.29 is 23.8 Å². The van der Waals surface area contributed by atoms with E-state index in [1.807, 2.05) is 25.1 Å². The van der Waals surface area contributed by atoms with Gasteiger partial charge in [0.1, 0.15) is 0 Å². The maximum Gasteiger partial charge on any atom is 0.251 e. The highest BCUT2D eigenvalue weighted by molar-refractivity contribution is 6.30. The predicted molar refractivity (Wildman–Crippen MR) is 131 cm³/mol. The van der Waals surface area contributed by atoms with Crippen LogP contribution in [0.3, 0.4) is 0 Å². The summed E-state index contributed by atoms with van der Waals surface area (Å²) in [5.74, 6) is 0.980. The van der Waals surface area contributed by atoms with E-state index >= 15 is 0 Å². The van der Waals surface area contributed by atoms with Crippen molar-refractivity contribution in [1.29, 1.82) is 0 Å². The van der Waals surface area contributed by atoms with Gasteiger partial charge in [-0.3, -0.25) is 14.5 Å². The average molecular weight is 490 g/mol. The van der Waals surface area contributed by atoms with Gasteiger partial charge in [0, 0.05) is 43.2 Å². The lowest BCUT2D eigenvalue weighted by Gasteiger charge is -2.35. The van der Waals surface area contributed by atoms with Crippen LogP contribution in [0.1, 0.15) is 35.3 Å². The number of rotatable bonds is 11. The fraction of sp³-hybridized carbons (Fsp3) is 0.440. The lowest BCUT2D eigenvalue weighted by Crippen LogP contribution is -2.44. The number of hydrogen-bond donors (Lipinski definition) is 2. The van der Waals surface area contributed by atoms with Crippen molar-refractivity contribution in [3.63, 3.8) is 0 Å². The van der Waals surface area contributed by atoms with Gasteiger partial charge < -0.3 is 24.8 Å². The summed E-state index contributed by atoms with van der Waals surface area (Å²) in [5.41, 5.74) is 1.53. The number of nitrogens with zero attached hydrogens (tertiary/aromatic N) is 1. The van der Waals surface area contributed by atoms with E-state index in [4.69, 9.17) is 25.8 Å². The van der Waals surface area contributed by atoms with E-state index in [2.05, 4.69) is 15.5 Å². The summed E-state index contributed by atoms with van der Waals surface area (Å²) in [6.45, 7) is 5.99. The Kier molecular flexibility index (Phi) is 10.00. The lowest BCUT2D eigenvalue weighted by molar-refractivity contribution is -0.121. The van der Waals surface area contributed by atoms with Crippen LogP contribution in [-0.4, -0.2) is 69.8 Å². The molecule has 2 amide bonds. The van der Waals surface area contributed by atoms with E-state index in [9.17, 15) is 9.59 Å². The van der Waals surface area contributed by atoms with Crippen LogP contribution in [0.5, 0.6) is 11.5 Å². The molecule has 8 nitrogen and oxygen atoms in total. The van der Waals surface area contributed by atoms with Crippen molar-refractivity contribution in [1.82, 2.24) is 15.5 Å². The number of carbonyl (C=O) groups excluding carboxylic acids is 2. The second kappa shape index (κ2) is 13.2. The van der Waals surface area contributed by atoms with Crippen LogP contribution in [0.25, 0.3) is 0 Å². The summed E-state index contributed by atoms with van der Waals surface area (Å²) in [4.78, 5) is 27.0. The Hall–Kier alpha value is -2.81. The number of carbonyl (C=O) groups is 2. The maximum absolute atomic E-state index is 12.5. The van der Waals surface area contributed by atoms with Crippen LogP contribution in [0.4, 0.5) is 0 Å². The molecule has 1 atom stereocenters. The molecule has 1 saturated heterocycles. The van der Waals surface area contributed by atoms with Crippen LogP contribution in [0.15, 0.2) is 42.5 Å².